The largest absolute Gasteiger partial charge is 0.361 e. The summed E-state index contributed by atoms with van der Waals surface area (Å²) in [7, 11) is 0. The molecule has 0 unspecified atom stereocenters. The summed E-state index contributed by atoms with van der Waals surface area (Å²) in [5.41, 5.74) is 2.77. The van der Waals surface area contributed by atoms with Gasteiger partial charge in [-0.3, -0.25) is 9.59 Å². The monoisotopic (exact) mass is 375 g/mol. The zero-order chi connectivity index (χ0) is 18.7. The van der Waals surface area contributed by atoms with Gasteiger partial charge in [-0.25, -0.2) is 0 Å². The van der Waals surface area contributed by atoms with Gasteiger partial charge in [0.15, 0.2) is 0 Å². The van der Waals surface area contributed by atoms with Crippen molar-refractivity contribution in [1.29, 1.82) is 0 Å². The number of nitrogens with one attached hydrogen (secondary N) is 1. The number of carbonyl (C=O) groups is 2. The average molecular weight is 376 g/mol. The first-order valence-corrected chi connectivity index (χ1v) is 9.06. The quantitative estimate of drug-likeness (QED) is 0.871. The fourth-order valence-corrected chi connectivity index (χ4v) is 3.47. The molecule has 0 aliphatic carbocycles. The van der Waals surface area contributed by atoms with Crippen molar-refractivity contribution < 1.29 is 14.1 Å². The topological polar surface area (TPSA) is 75.4 Å². The van der Waals surface area contributed by atoms with Crippen LogP contribution in [0.15, 0.2) is 28.8 Å². The van der Waals surface area contributed by atoms with Crippen LogP contribution < -0.4 is 5.32 Å². The SMILES string of the molecule is Cc1cc(CC(=O)N2CCC[C@H]2C(=O)NCc2ccc(Cl)cc2C)on1. The van der Waals surface area contributed by atoms with Crippen molar-refractivity contribution in [2.24, 2.45) is 0 Å². The van der Waals surface area contributed by atoms with Crippen LogP contribution in [0, 0.1) is 13.8 Å². The van der Waals surface area contributed by atoms with E-state index in [4.69, 9.17) is 16.1 Å². The predicted molar refractivity (Wildman–Crippen MR) is 97.7 cm³/mol. The molecule has 1 atom stereocenters. The van der Waals surface area contributed by atoms with E-state index in [1.807, 2.05) is 26.0 Å². The molecular formula is C19H22ClN3O3. The van der Waals surface area contributed by atoms with Crippen molar-refractivity contribution >= 4 is 23.4 Å². The van der Waals surface area contributed by atoms with Crippen molar-refractivity contribution in [3.8, 4) is 0 Å². The third kappa shape index (κ3) is 4.25. The lowest BCUT2D eigenvalue weighted by molar-refractivity contribution is -0.138. The molecule has 0 saturated carbocycles. The molecule has 2 heterocycles. The van der Waals surface area contributed by atoms with Gasteiger partial charge in [0.2, 0.25) is 11.8 Å². The Morgan fingerprint density at radius 2 is 2.15 bits per heavy atom. The third-order valence-electron chi connectivity index (χ3n) is 4.64. The second-order valence-corrected chi connectivity index (χ2v) is 7.08. The summed E-state index contributed by atoms with van der Waals surface area (Å²) in [6, 6.07) is 6.89. The molecule has 3 rings (SSSR count). The molecule has 1 fully saturated rings. The van der Waals surface area contributed by atoms with E-state index in [-0.39, 0.29) is 18.2 Å². The molecule has 7 heteroatoms. The third-order valence-corrected chi connectivity index (χ3v) is 4.87. The second-order valence-electron chi connectivity index (χ2n) is 6.65. The van der Waals surface area contributed by atoms with Crippen LogP contribution in [0.1, 0.15) is 35.4 Å². The van der Waals surface area contributed by atoms with E-state index in [1.165, 1.54) is 0 Å². The minimum absolute atomic E-state index is 0.110. The number of hydrogen-bond acceptors (Lipinski definition) is 4. The summed E-state index contributed by atoms with van der Waals surface area (Å²) < 4.78 is 5.11. The van der Waals surface area contributed by atoms with Gasteiger partial charge in [0, 0.05) is 24.2 Å². The number of amides is 2. The summed E-state index contributed by atoms with van der Waals surface area (Å²) in [6.07, 6.45) is 1.62. The van der Waals surface area contributed by atoms with Crippen LogP contribution in [-0.2, 0) is 22.6 Å². The first-order chi connectivity index (χ1) is 12.4. The van der Waals surface area contributed by atoms with Crippen molar-refractivity contribution in [2.45, 2.75) is 45.7 Å². The molecule has 0 bridgehead atoms. The highest BCUT2D eigenvalue weighted by atomic mass is 35.5. The van der Waals surface area contributed by atoms with Crippen LogP contribution in [0.2, 0.25) is 5.02 Å². The molecule has 26 heavy (non-hydrogen) atoms. The van der Waals surface area contributed by atoms with Crippen LogP contribution in [0.3, 0.4) is 0 Å². The molecule has 1 saturated heterocycles. The number of carbonyl (C=O) groups excluding carboxylic acids is 2. The molecule has 1 aliphatic heterocycles. The van der Waals surface area contributed by atoms with Gasteiger partial charge in [-0.05, 0) is 49.9 Å². The maximum Gasteiger partial charge on any atom is 0.243 e. The Balaban J connectivity index is 1.59. The van der Waals surface area contributed by atoms with E-state index < -0.39 is 6.04 Å². The minimum Gasteiger partial charge on any atom is -0.361 e. The standard InChI is InChI=1S/C19H22ClN3O3/c1-12-8-15(20)6-5-14(12)11-21-19(25)17-4-3-7-23(17)18(24)10-16-9-13(2)22-26-16/h5-6,8-9,17H,3-4,7,10-11H2,1-2H3,(H,21,25)/t17-/m0/s1. The predicted octanol–water partition coefficient (Wildman–Crippen LogP) is 2.79. The molecule has 1 N–H and O–H groups in total. The molecule has 2 aromatic rings. The molecule has 6 nitrogen and oxygen atoms in total. The fraction of sp³-hybridized carbons (Fsp3) is 0.421. The van der Waals surface area contributed by atoms with Crippen molar-refractivity contribution in [3.05, 3.63) is 51.9 Å². The molecule has 0 radical (unpaired) electrons. The Kier molecular flexibility index (Phi) is 5.61. The average Bonchev–Trinajstić information content (AvgIpc) is 3.23. The van der Waals surface area contributed by atoms with Gasteiger partial charge in [0.25, 0.3) is 0 Å². The fourth-order valence-electron chi connectivity index (χ4n) is 3.25. The summed E-state index contributed by atoms with van der Waals surface area (Å²) in [5, 5.41) is 7.41. The van der Waals surface area contributed by atoms with E-state index in [9.17, 15) is 9.59 Å². The van der Waals surface area contributed by atoms with Gasteiger partial charge >= 0.3 is 0 Å². The molecule has 1 aromatic carbocycles. The first kappa shape index (κ1) is 18.5. The lowest BCUT2D eigenvalue weighted by Gasteiger charge is -2.23. The zero-order valence-electron chi connectivity index (χ0n) is 14.9. The minimum atomic E-state index is -0.431. The molecule has 2 amide bonds. The molecule has 1 aliphatic rings. The summed E-state index contributed by atoms with van der Waals surface area (Å²) >= 11 is 5.96. The van der Waals surface area contributed by atoms with Gasteiger partial charge in [-0.1, -0.05) is 22.8 Å². The number of hydrogen-bond donors (Lipinski definition) is 1. The van der Waals surface area contributed by atoms with E-state index in [0.717, 1.165) is 23.2 Å². The lowest BCUT2D eigenvalue weighted by atomic mass is 10.1. The van der Waals surface area contributed by atoms with Gasteiger partial charge < -0.3 is 14.7 Å². The highest BCUT2D eigenvalue weighted by Gasteiger charge is 2.34. The smallest absolute Gasteiger partial charge is 0.243 e. The number of halogens is 1. The van der Waals surface area contributed by atoms with Gasteiger partial charge in [0.1, 0.15) is 11.8 Å². The Labute approximate surface area is 157 Å². The Morgan fingerprint density at radius 1 is 1.35 bits per heavy atom. The molecule has 138 valence electrons. The Morgan fingerprint density at radius 3 is 2.85 bits per heavy atom. The van der Waals surface area contributed by atoms with Crippen LogP contribution >= 0.6 is 11.6 Å². The molecule has 0 spiro atoms. The van der Waals surface area contributed by atoms with Crippen molar-refractivity contribution in [3.63, 3.8) is 0 Å². The number of aryl methyl sites for hydroxylation is 2. The maximum atomic E-state index is 12.6. The van der Waals surface area contributed by atoms with Crippen molar-refractivity contribution in [1.82, 2.24) is 15.4 Å². The Bertz CT molecular complexity index is 818. The summed E-state index contributed by atoms with van der Waals surface area (Å²) in [6.45, 7) is 4.77. The van der Waals surface area contributed by atoms with E-state index in [0.29, 0.717) is 30.3 Å². The molecular weight excluding hydrogens is 354 g/mol. The maximum absolute atomic E-state index is 12.6. The second kappa shape index (κ2) is 7.91. The number of rotatable bonds is 5. The normalized spacial score (nSPS) is 16.7. The first-order valence-electron chi connectivity index (χ1n) is 8.68. The van der Waals surface area contributed by atoms with Crippen LogP contribution in [0.4, 0.5) is 0 Å². The van der Waals surface area contributed by atoms with Crippen molar-refractivity contribution in [2.75, 3.05) is 6.54 Å². The van der Waals surface area contributed by atoms with E-state index in [2.05, 4.69) is 10.5 Å². The van der Waals surface area contributed by atoms with Crippen LogP contribution in [0.5, 0.6) is 0 Å². The lowest BCUT2D eigenvalue weighted by Crippen LogP contribution is -2.46. The van der Waals surface area contributed by atoms with Crippen LogP contribution in [-0.4, -0.2) is 34.5 Å². The van der Waals surface area contributed by atoms with Crippen LogP contribution in [0.25, 0.3) is 0 Å². The number of nitrogens with zero attached hydrogens (tertiary/aromatic N) is 2. The van der Waals surface area contributed by atoms with E-state index >= 15 is 0 Å². The summed E-state index contributed by atoms with van der Waals surface area (Å²) in [4.78, 5) is 26.8. The highest BCUT2D eigenvalue weighted by Crippen LogP contribution is 2.20. The number of benzene rings is 1. The van der Waals surface area contributed by atoms with Gasteiger partial charge in [-0.15, -0.1) is 0 Å². The zero-order valence-corrected chi connectivity index (χ0v) is 15.7. The van der Waals surface area contributed by atoms with E-state index in [1.54, 1.807) is 17.0 Å². The van der Waals surface area contributed by atoms with Gasteiger partial charge in [0.05, 0.1) is 12.1 Å². The number of likely N-dealkylation sites (tertiary alicyclic amines) is 1. The number of aromatic nitrogens is 1. The summed E-state index contributed by atoms with van der Waals surface area (Å²) in [5.74, 6) is 0.288. The van der Waals surface area contributed by atoms with Gasteiger partial charge in [-0.2, -0.15) is 0 Å². The highest BCUT2D eigenvalue weighted by molar-refractivity contribution is 6.30. The Hall–Kier alpha value is -2.34. The molecule has 1 aromatic heterocycles.